The Morgan fingerprint density at radius 1 is 1.07 bits per heavy atom. The van der Waals surface area contributed by atoms with Gasteiger partial charge in [0.1, 0.15) is 6.10 Å². The smallest absolute Gasteiger partial charge is 0.272 e. The minimum Gasteiger partial charge on any atom is -0.454 e. The van der Waals surface area contributed by atoms with Gasteiger partial charge in [0, 0.05) is 6.04 Å². The molecule has 0 spiro atoms. The van der Waals surface area contributed by atoms with E-state index in [0.29, 0.717) is 18.8 Å². The number of fused-ring (bicyclic) bond motifs is 2. The second kappa shape index (κ2) is 7.47. The Balaban J connectivity index is 1.28. The molecule has 1 fully saturated rings. The quantitative estimate of drug-likeness (QED) is 0.823. The Labute approximate surface area is 164 Å². The van der Waals surface area contributed by atoms with Crippen LogP contribution in [0.2, 0.25) is 0 Å². The van der Waals surface area contributed by atoms with E-state index in [1.807, 2.05) is 28.9 Å². The Morgan fingerprint density at radius 3 is 2.75 bits per heavy atom. The summed E-state index contributed by atoms with van der Waals surface area (Å²) in [5.74, 6) is 1.43. The van der Waals surface area contributed by atoms with E-state index in [2.05, 4.69) is 10.4 Å². The predicted octanol–water partition coefficient (Wildman–Crippen LogP) is 3.34. The molecule has 3 aliphatic rings. The van der Waals surface area contributed by atoms with Crippen LogP contribution in [0.4, 0.5) is 0 Å². The van der Waals surface area contributed by atoms with Gasteiger partial charge in [0.2, 0.25) is 6.79 Å². The minimum absolute atomic E-state index is 0.0755. The van der Waals surface area contributed by atoms with E-state index >= 15 is 0 Å². The summed E-state index contributed by atoms with van der Waals surface area (Å²) in [6.45, 7) is 1.27. The molecule has 0 unspecified atom stereocenters. The molecule has 1 saturated carbocycles. The average Bonchev–Trinajstić information content (AvgIpc) is 3.28. The molecule has 148 valence electrons. The maximum absolute atomic E-state index is 12.7. The van der Waals surface area contributed by atoms with E-state index < -0.39 is 0 Å². The molecule has 5 rings (SSSR count). The first-order valence-corrected chi connectivity index (χ1v) is 10.1. The first-order chi connectivity index (χ1) is 13.8. The monoisotopic (exact) mass is 383 g/mol. The zero-order valence-corrected chi connectivity index (χ0v) is 15.9. The Hall–Kier alpha value is -2.54. The van der Waals surface area contributed by atoms with Crippen molar-refractivity contribution in [1.29, 1.82) is 0 Å². The van der Waals surface area contributed by atoms with Gasteiger partial charge in [-0.15, -0.1) is 0 Å². The van der Waals surface area contributed by atoms with Gasteiger partial charge < -0.3 is 19.5 Å². The molecule has 28 heavy (non-hydrogen) atoms. The maximum Gasteiger partial charge on any atom is 0.272 e. The zero-order valence-electron chi connectivity index (χ0n) is 15.9. The maximum atomic E-state index is 12.7. The van der Waals surface area contributed by atoms with E-state index in [1.165, 1.54) is 25.7 Å². The van der Waals surface area contributed by atoms with Crippen molar-refractivity contribution in [2.75, 3.05) is 6.79 Å². The Morgan fingerprint density at radius 2 is 1.89 bits per heavy atom. The summed E-state index contributed by atoms with van der Waals surface area (Å²) in [7, 11) is 0. The topological polar surface area (TPSA) is 74.6 Å². The van der Waals surface area contributed by atoms with Crippen LogP contribution in [0.25, 0.3) is 0 Å². The van der Waals surface area contributed by atoms with Crippen molar-refractivity contribution in [3.63, 3.8) is 0 Å². The van der Waals surface area contributed by atoms with Gasteiger partial charge in [-0.05, 0) is 36.6 Å². The molecular formula is C21H25N3O4. The number of benzene rings is 1. The van der Waals surface area contributed by atoms with Crippen molar-refractivity contribution in [1.82, 2.24) is 15.1 Å². The lowest BCUT2D eigenvalue weighted by molar-refractivity contribution is -0.00128. The van der Waals surface area contributed by atoms with Gasteiger partial charge in [0.25, 0.3) is 5.91 Å². The summed E-state index contributed by atoms with van der Waals surface area (Å²) >= 11 is 0. The Bertz CT molecular complexity index is 871. The van der Waals surface area contributed by atoms with Crippen LogP contribution in [-0.4, -0.2) is 28.5 Å². The molecule has 0 saturated heterocycles. The lowest BCUT2D eigenvalue weighted by Crippen LogP contribution is -2.34. The average molecular weight is 383 g/mol. The highest BCUT2D eigenvalue weighted by Crippen LogP contribution is 2.36. The largest absolute Gasteiger partial charge is 0.454 e. The second-order valence-corrected chi connectivity index (χ2v) is 7.78. The number of hydrogen-bond acceptors (Lipinski definition) is 5. The number of rotatable bonds is 3. The van der Waals surface area contributed by atoms with Crippen molar-refractivity contribution in [3.05, 3.63) is 41.2 Å². The molecule has 1 N–H and O–H groups in total. The van der Waals surface area contributed by atoms with Gasteiger partial charge in [0.15, 0.2) is 17.2 Å². The first kappa shape index (κ1) is 17.6. The molecule has 0 bridgehead atoms. The standard InChI is InChI=1S/C21H25N3O4/c25-21(22-15-5-3-1-2-4-6-15)17-10-16-12-26-20(11-24(16)23-17)14-7-8-18-19(9-14)28-13-27-18/h7-10,15,20H,1-6,11-13H2,(H,22,25)/t20-/m0/s1. The highest BCUT2D eigenvalue weighted by Gasteiger charge is 2.26. The molecule has 7 nitrogen and oxygen atoms in total. The molecular weight excluding hydrogens is 358 g/mol. The van der Waals surface area contributed by atoms with Crippen molar-refractivity contribution >= 4 is 5.91 Å². The zero-order chi connectivity index (χ0) is 18.9. The van der Waals surface area contributed by atoms with Crippen LogP contribution < -0.4 is 14.8 Å². The Kier molecular flexibility index (Phi) is 4.68. The van der Waals surface area contributed by atoms with Crippen LogP contribution in [0.1, 0.15) is 66.4 Å². The van der Waals surface area contributed by atoms with Crippen LogP contribution in [-0.2, 0) is 17.9 Å². The van der Waals surface area contributed by atoms with Crippen LogP contribution in [0.15, 0.2) is 24.3 Å². The third kappa shape index (κ3) is 3.46. The fourth-order valence-corrected chi connectivity index (χ4v) is 4.23. The fraction of sp³-hybridized carbons (Fsp3) is 0.524. The van der Waals surface area contributed by atoms with E-state index in [0.717, 1.165) is 35.6 Å². The van der Waals surface area contributed by atoms with Gasteiger partial charge in [-0.3, -0.25) is 9.48 Å². The number of aromatic nitrogens is 2. The summed E-state index contributed by atoms with van der Waals surface area (Å²) in [4.78, 5) is 12.7. The van der Waals surface area contributed by atoms with Crippen LogP contribution >= 0.6 is 0 Å². The SMILES string of the molecule is O=C(NC1CCCCCC1)c1cc2n(n1)C[C@@H](c1ccc3c(c1)OCO3)OC2. The lowest BCUT2D eigenvalue weighted by atomic mass is 10.1. The number of carbonyl (C=O) groups is 1. The van der Waals surface area contributed by atoms with Crippen molar-refractivity contribution < 1.29 is 19.0 Å². The van der Waals surface area contributed by atoms with Crippen LogP contribution in [0, 0.1) is 0 Å². The summed E-state index contributed by atoms with van der Waals surface area (Å²) in [6.07, 6.45) is 6.92. The van der Waals surface area contributed by atoms with E-state index in [1.54, 1.807) is 0 Å². The van der Waals surface area contributed by atoms with Crippen molar-refractivity contribution in [2.45, 2.75) is 63.8 Å². The third-order valence-corrected chi connectivity index (χ3v) is 5.83. The number of nitrogens with zero attached hydrogens (tertiary/aromatic N) is 2. The molecule has 1 atom stereocenters. The summed E-state index contributed by atoms with van der Waals surface area (Å²) in [5, 5.41) is 7.73. The van der Waals surface area contributed by atoms with E-state index in [4.69, 9.17) is 14.2 Å². The molecule has 2 aliphatic heterocycles. The second-order valence-electron chi connectivity index (χ2n) is 7.78. The van der Waals surface area contributed by atoms with Gasteiger partial charge in [-0.25, -0.2) is 0 Å². The molecule has 1 aliphatic carbocycles. The molecule has 0 radical (unpaired) electrons. The van der Waals surface area contributed by atoms with E-state index in [-0.39, 0.29) is 24.8 Å². The molecule has 2 aromatic rings. The van der Waals surface area contributed by atoms with Gasteiger partial charge in [-0.1, -0.05) is 31.7 Å². The normalized spacial score (nSPS) is 21.8. The highest BCUT2D eigenvalue weighted by molar-refractivity contribution is 5.92. The molecule has 3 heterocycles. The number of carbonyl (C=O) groups excluding carboxylic acids is 1. The highest BCUT2D eigenvalue weighted by atomic mass is 16.7. The lowest BCUT2D eigenvalue weighted by Gasteiger charge is -2.24. The fourth-order valence-electron chi connectivity index (χ4n) is 4.23. The molecule has 1 aromatic carbocycles. The van der Waals surface area contributed by atoms with Crippen molar-refractivity contribution in [3.8, 4) is 11.5 Å². The van der Waals surface area contributed by atoms with Gasteiger partial charge in [-0.2, -0.15) is 5.10 Å². The number of nitrogens with one attached hydrogen (secondary N) is 1. The molecule has 1 aromatic heterocycles. The predicted molar refractivity (Wildman–Crippen MR) is 101 cm³/mol. The summed E-state index contributed by atoms with van der Waals surface area (Å²) in [5.41, 5.74) is 2.44. The molecule has 1 amide bonds. The first-order valence-electron chi connectivity index (χ1n) is 10.1. The van der Waals surface area contributed by atoms with Crippen LogP contribution in [0.3, 0.4) is 0 Å². The molecule has 7 heteroatoms. The van der Waals surface area contributed by atoms with E-state index in [9.17, 15) is 4.79 Å². The van der Waals surface area contributed by atoms with Crippen LogP contribution in [0.5, 0.6) is 11.5 Å². The third-order valence-electron chi connectivity index (χ3n) is 5.83. The summed E-state index contributed by atoms with van der Waals surface area (Å²) in [6, 6.07) is 7.98. The van der Waals surface area contributed by atoms with Gasteiger partial charge >= 0.3 is 0 Å². The van der Waals surface area contributed by atoms with Gasteiger partial charge in [0.05, 0.1) is 18.8 Å². The van der Waals surface area contributed by atoms with Crippen molar-refractivity contribution in [2.24, 2.45) is 0 Å². The number of hydrogen-bond donors (Lipinski definition) is 1. The minimum atomic E-state index is -0.125. The summed E-state index contributed by atoms with van der Waals surface area (Å²) < 4.78 is 18.7. The number of ether oxygens (including phenoxy) is 3. The number of amides is 1.